The van der Waals surface area contributed by atoms with Crippen molar-refractivity contribution < 1.29 is 19.0 Å². The van der Waals surface area contributed by atoms with Gasteiger partial charge in [-0.3, -0.25) is 0 Å². The van der Waals surface area contributed by atoms with Gasteiger partial charge in [0, 0.05) is 41.9 Å². The van der Waals surface area contributed by atoms with Crippen LogP contribution in [0, 0.1) is 12.7 Å². The van der Waals surface area contributed by atoms with E-state index in [1.807, 2.05) is 42.7 Å². The van der Waals surface area contributed by atoms with Gasteiger partial charge in [-0.2, -0.15) is 0 Å². The second-order valence-corrected chi connectivity index (χ2v) is 8.13. The maximum Gasteiger partial charge on any atom is 0.335 e. The topological polar surface area (TPSA) is 89.3 Å². The Kier molecular flexibility index (Phi) is 6.77. The van der Waals surface area contributed by atoms with Gasteiger partial charge in [-0.05, 0) is 43.2 Å². The van der Waals surface area contributed by atoms with Crippen molar-refractivity contribution in [2.24, 2.45) is 0 Å². The Balaban J connectivity index is 1.52. The van der Waals surface area contributed by atoms with E-state index < -0.39 is 5.97 Å². The van der Waals surface area contributed by atoms with Crippen molar-refractivity contribution in [1.29, 1.82) is 0 Å². The van der Waals surface area contributed by atoms with Gasteiger partial charge in [-0.1, -0.05) is 19.4 Å². The van der Waals surface area contributed by atoms with Crippen LogP contribution in [0.4, 0.5) is 10.2 Å². The molecule has 2 N–H and O–H groups in total. The number of ether oxygens (including phenoxy) is 1. The van der Waals surface area contributed by atoms with Crippen molar-refractivity contribution in [3.63, 3.8) is 0 Å². The number of nitrogens with one attached hydrogen (secondary N) is 1. The van der Waals surface area contributed by atoms with Crippen LogP contribution in [0.25, 0.3) is 22.2 Å². The average Bonchev–Trinajstić information content (AvgIpc) is 3.14. The summed E-state index contributed by atoms with van der Waals surface area (Å²) >= 11 is 0. The highest BCUT2D eigenvalue weighted by Crippen LogP contribution is 2.28. The first-order chi connectivity index (χ1) is 16.4. The maximum atomic E-state index is 14.7. The van der Waals surface area contributed by atoms with Crippen molar-refractivity contribution in [3.8, 4) is 17.0 Å². The number of benzene rings is 2. The summed E-state index contributed by atoms with van der Waals surface area (Å²) in [7, 11) is 1.52. The Morgan fingerprint density at radius 3 is 2.74 bits per heavy atom. The molecule has 0 aliphatic rings. The second-order valence-electron chi connectivity index (χ2n) is 8.13. The largest absolute Gasteiger partial charge is 0.497 e. The lowest BCUT2D eigenvalue weighted by atomic mass is 9.99. The molecule has 0 unspecified atom stereocenters. The number of carbonyl (C=O) groups is 1. The molecule has 0 aliphatic heterocycles. The Bertz CT molecular complexity index is 1350. The van der Waals surface area contributed by atoms with Crippen molar-refractivity contribution in [2.45, 2.75) is 33.2 Å². The number of halogens is 1. The zero-order valence-corrected chi connectivity index (χ0v) is 19.4. The number of aromatic nitrogens is 3. The molecule has 0 saturated carbocycles. The standard InChI is InChI=1S/C26H27FN4O3/c1-4-5-17-11-18(6-7-21(17)26(32)33)23-14-24(30-15-29-23)28-8-9-31-16(2)10-19-12-20(34-3)13-22(27)25(19)31/h6-7,10-15H,4-5,8-9H2,1-3H3,(H,32,33)(H,28,29,30). The monoisotopic (exact) mass is 462 g/mol. The number of carboxylic acids is 1. The minimum absolute atomic E-state index is 0.317. The van der Waals surface area contributed by atoms with Crippen LogP contribution in [0.2, 0.25) is 0 Å². The summed E-state index contributed by atoms with van der Waals surface area (Å²) in [6, 6.07) is 12.3. The quantitative estimate of drug-likeness (QED) is 0.350. The third-order valence-electron chi connectivity index (χ3n) is 5.82. The minimum Gasteiger partial charge on any atom is -0.497 e. The Morgan fingerprint density at radius 2 is 2.00 bits per heavy atom. The Labute approximate surface area is 197 Å². The van der Waals surface area contributed by atoms with Crippen LogP contribution in [0.15, 0.2) is 48.8 Å². The van der Waals surface area contributed by atoms with Gasteiger partial charge in [-0.15, -0.1) is 0 Å². The van der Waals surface area contributed by atoms with Gasteiger partial charge in [0.2, 0.25) is 0 Å². The summed E-state index contributed by atoms with van der Waals surface area (Å²) in [6.07, 6.45) is 3.00. The number of hydrogen-bond acceptors (Lipinski definition) is 5. The molecule has 0 bridgehead atoms. The van der Waals surface area contributed by atoms with Crippen LogP contribution < -0.4 is 10.1 Å². The molecule has 0 fully saturated rings. The molecule has 0 radical (unpaired) electrons. The van der Waals surface area contributed by atoms with Crippen LogP contribution in [0.3, 0.4) is 0 Å². The number of hydrogen-bond donors (Lipinski definition) is 2. The number of methoxy groups -OCH3 is 1. The molecule has 4 rings (SSSR count). The van der Waals surface area contributed by atoms with Gasteiger partial charge in [0.05, 0.1) is 23.9 Å². The Hall–Kier alpha value is -3.94. The van der Waals surface area contributed by atoms with Crippen molar-refractivity contribution in [2.75, 3.05) is 19.0 Å². The SMILES string of the molecule is CCCc1cc(-c2cc(NCCn3c(C)cc4cc(OC)cc(F)c43)ncn2)ccc1C(=O)O. The van der Waals surface area contributed by atoms with E-state index in [1.54, 1.807) is 12.1 Å². The van der Waals surface area contributed by atoms with E-state index in [0.717, 1.165) is 28.6 Å². The maximum absolute atomic E-state index is 14.7. The average molecular weight is 463 g/mol. The van der Waals surface area contributed by atoms with Crippen LogP contribution in [0.5, 0.6) is 5.75 Å². The van der Waals surface area contributed by atoms with Crippen molar-refractivity contribution in [1.82, 2.24) is 14.5 Å². The molecule has 0 amide bonds. The smallest absolute Gasteiger partial charge is 0.335 e. The van der Waals surface area contributed by atoms with E-state index in [2.05, 4.69) is 15.3 Å². The second kappa shape index (κ2) is 9.91. The fraction of sp³-hybridized carbons (Fsp3) is 0.269. The summed E-state index contributed by atoms with van der Waals surface area (Å²) in [5, 5.41) is 13.5. The lowest BCUT2D eigenvalue weighted by molar-refractivity contribution is 0.0695. The van der Waals surface area contributed by atoms with E-state index in [9.17, 15) is 14.3 Å². The highest BCUT2D eigenvalue weighted by Gasteiger charge is 2.14. The zero-order valence-electron chi connectivity index (χ0n) is 19.4. The fourth-order valence-corrected chi connectivity index (χ4v) is 4.22. The third-order valence-corrected chi connectivity index (χ3v) is 5.82. The van der Waals surface area contributed by atoms with Gasteiger partial charge in [0.1, 0.15) is 17.9 Å². The summed E-state index contributed by atoms with van der Waals surface area (Å²) in [4.78, 5) is 20.2. The van der Waals surface area contributed by atoms with Crippen molar-refractivity contribution >= 4 is 22.7 Å². The number of aryl methyl sites for hydroxylation is 2. The first-order valence-corrected chi connectivity index (χ1v) is 11.2. The normalized spacial score (nSPS) is 11.1. The lowest BCUT2D eigenvalue weighted by Crippen LogP contribution is -2.13. The molecular weight excluding hydrogens is 435 g/mol. The first-order valence-electron chi connectivity index (χ1n) is 11.2. The lowest BCUT2D eigenvalue weighted by Gasteiger charge is -2.12. The number of carboxylic acid groups (broad SMARTS) is 1. The van der Waals surface area contributed by atoms with Crippen LogP contribution in [0.1, 0.15) is 35.0 Å². The van der Waals surface area contributed by atoms with Gasteiger partial charge < -0.3 is 19.7 Å². The molecule has 8 heteroatoms. The molecule has 4 aromatic rings. The molecule has 0 spiro atoms. The molecule has 0 atom stereocenters. The van der Waals surface area contributed by atoms with Gasteiger partial charge in [0.15, 0.2) is 5.82 Å². The predicted molar refractivity (Wildman–Crippen MR) is 130 cm³/mol. The number of aromatic carboxylic acids is 1. The summed E-state index contributed by atoms with van der Waals surface area (Å²) in [5.74, 6) is -0.116. The molecular formula is C26H27FN4O3. The number of fused-ring (bicyclic) bond motifs is 1. The van der Waals surface area contributed by atoms with Crippen LogP contribution >= 0.6 is 0 Å². The fourth-order valence-electron chi connectivity index (χ4n) is 4.22. The third kappa shape index (κ3) is 4.71. The zero-order chi connectivity index (χ0) is 24.2. The van der Waals surface area contributed by atoms with Gasteiger partial charge >= 0.3 is 5.97 Å². The van der Waals surface area contributed by atoms with E-state index in [-0.39, 0.29) is 5.82 Å². The molecule has 2 heterocycles. The minimum atomic E-state index is -0.928. The molecule has 0 saturated heterocycles. The molecule has 0 aliphatic carbocycles. The van der Waals surface area contributed by atoms with E-state index in [0.29, 0.717) is 47.9 Å². The molecule has 2 aromatic carbocycles. The highest BCUT2D eigenvalue weighted by molar-refractivity contribution is 5.90. The molecule has 7 nitrogen and oxygen atoms in total. The van der Waals surface area contributed by atoms with Gasteiger partial charge in [0.25, 0.3) is 0 Å². The van der Waals surface area contributed by atoms with Crippen molar-refractivity contribution in [3.05, 3.63) is 71.4 Å². The molecule has 176 valence electrons. The van der Waals surface area contributed by atoms with Gasteiger partial charge in [-0.25, -0.2) is 19.2 Å². The first kappa shape index (κ1) is 23.2. The summed E-state index contributed by atoms with van der Waals surface area (Å²) in [5.41, 5.74) is 4.14. The summed E-state index contributed by atoms with van der Waals surface area (Å²) < 4.78 is 21.8. The number of nitrogens with zero attached hydrogens (tertiary/aromatic N) is 3. The number of anilines is 1. The van der Waals surface area contributed by atoms with E-state index in [4.69, 9.17) is 4.74 Å². The van der Waals surface area contributed by atoms with Crippen LogP contribution in [-0.2, 0) is 13.0 Å². The predicted octanol–water partition coefficient (Wildman–Crippen LogP) is 5.32. The summed E-state index contributed by atoms with van der Waals surface area (Å²) in [6.45, 7) is 5.05. The van der Waals surface area contributed by atoms with E-state index in [1.165, 1.54) is 19.5 Å². The molecule has 2 aromatic heterocycles. The highest BCUT2D eigenvalue weighted by atomic mass is 19.1. The Morgan fingerprint density at radius 1 is 1.18 bits per heavy atom. The number of rotatable bonds is 9. The van der Waals surface area contributed by atoms with E-state index >= 15 is 0 Å². The molecule has 34 heavy (non-hydrogen) atoms. The van der Waals surface area contributed by atoms with Crippen LogP contribution in [-0.4, -0.2) is 39.3 Å².